The molecule has 0 aliphatic carbocycles. The number of piperidine rings is 1. The van der Waals surface area contributed by atoms with Gasteiger partial charge in [-0.05, 0) is 60.0 Å². The van der Waals surface area contributed by atoms with Crippen LogP contribution in [-0.2, 0) is 19.7 Å². The zero-order valence-corrected chi connectivity index (χ0v) is 21.4. The maximum atomic E-state index is 14.6. The Morgan fingerprint density at radius 3 is 2.36 bits per heavy atom. The summed E-state index contributed by atoms with van der Waals surface area (Å²) in [6.45, 7) is 1.75. The quantitative estimate of drug-likeness (QED) is 0.413. The fourth-order valence-corrected chi connectivity index (χ4v) is 5.91. The van der Waals surface area contributed by atoms with Crippen LogP contribution in [0.25, 0.3) is 0 Å². The highest BCUT2D eigenvalue weighted by atomic mass is 35.5. The Kier molecular flexibility index (Phi) is 6.45. The first-order chi connectivity index (χ1) is 17.3. The molecule has 3 aromatic carbocycles. The summed E-state index contributed by atoms with van der Waals surface area (Å²) < 4.78 is 5.26. The summed E-state index contributed by atoms with van der Waals surface area (Å²) in [7, 11) is 0. The maximum Gasteiger partial charge on any atom is 0.421 e. The van der Waals surface area contributed by atoms with Gasteiger partial charge in [-0.15, -0.1) is 0 Å². The van der Waals surface area contributed by atoms with Crippen LogP contribution < -0.4 is 10.2 Å². The molecular weight excluding hydrogens is 523 g/mol. The van der Waals surface area contributed by atoms with E-state index < -0.39 is 29.4 Å². The minimum absolute atomic E-state index is 0.0170. The molecule has 0 aromatic heterocycles. The maximum absolute atomic E-state index is 14.6. The van der Waals surface area contributed by atoms with Crippen LogP contribution in [0.5, 0.6) is 0 Å². The molecule has 0 radical (unpaired) electrons. The minimum atomic E-state index is -1.39. The SMILES string of the molecule is CCOC(=O)N1C(=O)[C@]2(c3ccc(Cl)cc31)[C@@H](c1ccc(Cl)cc1)CC(=O)N[C@H]2c1cccc(Cl)c1. The van der Waals surface area contributed by atoms with E-state index in [2.05, 4.69) is 5.32 Å². The highest BCUT2D eigenvalue weighted by molar-refractivity contribution is 6.32. The van der Waals surface area contributed by atoms with Gasteiger partial charge < -0.3 is 10.1 Å². The second-order valence-corrected chi connectivity index (χ2v) is 10.0. The Hall–Kier alpha value is -3.06. The number of rotatable bonds is 3. The average molecular weight is 544 g/mol. The molecule has 1 fully saturated rings. The minimum Gasteiger partial charge on any atom is -0.449 e. The van der Waals surface area contributed by atoms with E-state index in [1.54, 1.807) is 73.7 Å². The summed E-state index contributed by atoms with van der Waals surface area (Å²) in [5.41, 5.74) is 0.873. The number of amides is 3. The van der Waals surface area contributed by atoms with Gasteiger partial charge in [0.25, 0.3) is 0 Å². The molecule has 3 amide bonds. The zero-order valence-electron chi connectivity index (χ0n) is 19.1. The lowest BCUT2D eigenvalue weighted by Crippen LogP contribution is -2.58. The first kappa shape index (κ1) is 24.6. The van der Waals surface area contributed by atoms with E-state index >= 15 is 0 Å². The highest BCUT2D eigenvalue weighted by Gasteiger charge is 2.64. The summed E-state index contributed by atoms with van der Waals surface area (Å²) in [5, 5.41) is 4.36. The van der Waals surface area contributed by atoms with E-state index in [1.165, 1.54) is 0 Å². The molecule has 0 bridgehead atoms. The van der Waals surface area contributed by atoms with Crippen LogP contribution in [-0.4, -0.2) is 24.5 Å². The van der Waals surface area contributed by atoms with Gasteiger partial charge in [-0.1, -0.05) is 65.1 Å². The molecule has 1 spiro atoms. The van der Waals surface area contributed by atoms with E-state index in [1.807, 2.05) is 0 Å². The Balaban J connectivity index is 1.83. The molecule has 3 aromatic rings. The van der Waals surface area contributed by atoms with Crippen molar-refractivity contribution in [1.29, 1.82) is 0 Å². The van der Waals surface area contributed by atoms with Gasteiger partial charge in [-0.3, -0.25) is 9.59 Å². The van der Waals surface area contributed by atoms with Gasteiger partial charge in [-0.25, -0.2) is 9.69 Å². The number of imide groups is 1. The van der Waals surface area contributed by atoms with E-state index in [9.17, 15) is 14.4 Å². The lowest BCUT2D eigenvalue weighted by atomic mass is 9.59. The summed E-state index contributed by atoms with van der Waals surface area (Å²) in [4.78, 5) is 41.8. The van der Waals surface area contributed by atoms with Gasteiger partial charge in [0.2, 0.25) is 11.8 Å². The normalized spacial score (nSPS) is 22.9. The third-order valence-corrected chi connectivity index (χ3v) is 7.53. The molecule has 6 nitrogen and oxygen atoms in total. The molecule has 0 unspecified atom stereocenters. The van der Waals surface area contributed by atoms with Crippen LogP contribution in [0, 0.1) is 0 Å². The molecule has 3 atom stereocenters. The third-order valence-electron chi connectivity index (χ3n) is 6.81. The molecule has 0 saturated carbocycles. The van der Waals surface area contributed by atoms with E-state index in [0.717, 1.165) is 10.5 Å². The monoisotopic (exact) mass is 542 g/mol. The van der Waals surface area contributed by atoms with Gasteiger partial charge in [0.1, 0.15) is 5.41 Å². The molecule has 2 aliphatic heterocycles. The number of nitrogens with zero attached hydrogens (tertiary/aromatic N) is 1. The van der Waals surface area contributed by atoms with Gasteiger partial charge in [-0.2, -0.15) is 0 Å². The Bertz CT molecular complexity index is 1380. The van der Waals surface area contributed by atoms with Crippen molar-refractivity contribution in [3.8, 4) is 0 Å². The summed E-state index contributed by atoms with van der Waals surface area (Å²) >= 11 is 18.8. The Labute approximate surface area is 223 Å². The third kappa shape index (κ3) is 3.84. The highest BCUT2D eigenvalue weighted by Crippen LogP contribution is 2.59. The lowest BCUT2D eigenvalue weighted by Gasteiger charge is -2.46. The molecule has 184 valence electrons. The Morgan fingerprint density at radius 1 is 0.972 bits per heavy atom. The fraction of sp³-hybridized carbons (Fsp3) is 0.222. The number of hydrogen-bond acceptors (Lipinski definition) is 4. The summed E-state index contributed by atoms with van der Waals surface area (Å²) in [5.74, 6) is -1.37. The molecule has 2 heterocycles. The van der Waals surface area contributed by atoms with Crippen molar-refractivity contribution in [3.63, 3.8) is 0 Å². The topological polar surface area (TPSA) is 75.7 Å². The number of fused-ring (bicyclic) bond motifs is 2. The zero-order chi connectivity index (χ0) is 25.6. The van der Waals surface area contributed by atoms with Crippen molar-refractivity contribution in [3.05, 3.63) is 98.5 Å². The number of carbonyl (C=O) groups is 3. The summed E-state index contributed by atoms with van der Waals surface area (Å²) in [6, 6.07) is 18.2. The number of carbonyl (C=O) groups excluding carboxylic acids is 3. The smallest absolute Gasteiger partial charge is 0.421 e. The Morgan fingerprint density at radius 2 is 1.67 bits per heavy atom. The molecule has 1 N–H and O–H groups in total. The molecule has 2 aliphatic rings. The largest absolute Gasteiger partial charge is 0.449 e. The second kappa shape index (κ2) is 9.43. The van der Waals surface area contributed by atoms with Crippen LogP contribution in [0.3, 0.4) is 0 Å². The molecule has 9 heteroatoms. The van der Waals surface area contributed by atoms with E-state index in [4.69, 9.17) is 39.5 Å². The number of nitrogens with one attached hydrogen (secondary N) is 1. The first-order valence-corrected chi connectivity index (χ1v) is 12.5. The van der Waals surface area contributed by atoms with Crippen molar-refractivity contribution >= 4 is 58.4 Å². The fourth-order valence-electron chi connectivity index (χ4n) is 5.42. The standard InChI is InChI=1S/C27H21Cl3N2O4/c1-2-36-26(35)32-22-13-19(30)10-11-20(22)27(25(32)34)21(15-6-8-17(28)9-7-15)14-23(33)31-24(27)16-4-3-5-18(29)12-16/h3-13,21,24H,2,14H2,1H3,(H,31,33)/t21-,24+,27-/m1/s1. The number of anilines is 1. The van der Waals surface area contributed by atoms with Crippen LogP contribution in [0.2, 0.25) is 15.1 Å². The van der Waals surface area contributed by atoms with Crippen molar-refractivity contribution in [1.82, 2.24) is 5.32 Å². The van der Waals surface area contributed by atoms with Crippen LogP contribution in [0.15, 0.2) is 66.7 Å². The van der Waals surface area contributed by atoms with Crippen LogP contribution in [0.4, 0.5) is 10.5 Å². The van der Waals surface area contributed by atoms with Crippen LogP contribution in [0.1, 0.15) is 42.0 Å². The average Bonchev–Trinajstić information content (AvgIpc) is 3.09. The predicted octanol–water partition coefficient (Wildman–Crippen LogP) is 6.43. The van der Waals surface area contributed by atoms with E-state index in [0.29, 0.717) is 31.9 Å². The molecule has 36 heavy (non-hydrogen) atoms. The molecular formula is C27H21Cl3N2O4. The number of hydrogen-bond donors (Lipinski definition) is 1. The number of benzene rings is 3. The van der Waals surface area contributed by atoms with Crippen molar-refractivity contribution < 1.29 is 19.1 Å². The lowest BCUT2D eigenvalue weighted by molar-refractivity contribution is -0.132. The molecule has 5 rings (SSSR count). The van der Waals surface area contributed by atoms with Gasteiger partial charge in [0, 0.05) is 27.4 Å². The summed E-state index contributed by atoms with van der Waals surface area (Å²) in [6.07, 6.45) is -0.789. The van der Waals surface area contributed by atoms with Gasteiger partial charge in [0.05, 0.1) is 18.3 Å². The number of ether oxygens (including phenoxy) is 1. The van der Waals surface area contributed by atoms with E-state index in [-0.39, 0.29) is 18.9 Å². The van der Waals surface area contributed by atoms with Gasteiger partial charge >= 0.3 is 6.09 Å². The van der Waals surface area contributed by atoms with Crippen molar-refractivity contribution in [2.24, 2.45) is 0 Å². The predicted molar refractivity (Wildman–Crippen MR) is 139 cm³/mol. The first-order valence-electron chi connectivity index (χ1n) is 11.4. The second-order valence-electron chi connectivity index (χ2n) is 8.73. The number of halogens is 3. The van der Waals surface area contributed by atoms with Crippen molar-refractivity contribution in [2.75, 3.05) is 11.5 Å². The van der Waals surface area contributed by atoms with Crippen LogP contribution >= 0.6 is 34.8 Å². The molecule has 1 saturated heterocycles. The van der Waals surface area contributed by atoms with Crippen molar-refractivity contribution in [2.45, 2.75) is 30.7 Å². The van der Waals surface area contributed by atoms with Gasteiger partial charge in [0.15, 0.2) is 0 Å².